The number of methoxy groups -OCH3 is 1. The molecule has 7 nitrogen and oxygen atoms in total. The molecular formula is C26H31NO6. The minimum absolute atomic E-state index is 0.0270. The zero-order chi connectivity index (χ0) is 24.1. The monoisotopic (exact) mass is 453 g/mol. The number of benzene rings is 2. The molecule has 1 aliphatic heterocycles. The van der Waals surface area contributed by atoms with Gasteiger partial charge in [-0.15, -0.1) is 0 Å². The van der Waals surface area contributed by atoms with E-state index in [2.05, 4.69) is 11.7 Å². The molecule has 1 saturated heterocycles. The molecular weight excluding hydrogens is 422 g/mol. The van der Waals surface area contributed by atoms with Gasteiger partial charge in [0.1, 0.15) is 11.5 Å². The number of carbonyl (C=O) groups excluding carboxylic acids is 3. The second-order valence-electron chi connectivity index (χ2n) is 8.73. The van der Waals surface area contributed by atoms with Crippen LogP contribution in [0.2, 0.25) is 0 Å². The predicted molar refractivity (Wildman–Crippen MR) is 123 cm³/mol. The van der Waals surface area contributed by atoms with Crippen LogP contribution < -0.4 is 4.74 Å². The number of nitrogens with zero attached hydrogens (tertiary/aromatic N) is 1. The summed E-state index contributed by atoms with van der Waals surface area (Å²) in [5, 5.41) is 9.60. The maximum Gasteiger partial charge on any atom is 0.343 e. The van der Waals surface area contributed by atoms with Crippen LogP contribution in [0, 0.1) is 11.8 Å². The lowest BCUT2D eigenvalue weighted by Gasteiger charge is -2.25. The maximum atomic E-state index is 12.7. The molecule has 4 unspecified atom stereocenters. The number of esters is 1. The molecule has 0 radical (unpaired) electrons. The zero-order valence-corrected chi connectivity index (χ0v) is 19.5. The highest BCUT2D eigenvalue weighted by atomic mass is 16.6. The topological polar surface area (TPSA) is 93.1 Å². The van der Waals surface area contributed by atoms with E-state index >= 15 is 0 Å². The van der Waals surface area contributed by atoms with Gasteiger partial charge in [0, 0.05) is 13.0 Å². The number of phenols is 1. The molecule has 3 rings (SSSR count). The van der Waals surface area contributed by atoms with E-state index in [1.807, 2.05) is 31.2 Å². The molecule has 0 aromatic heterocycles. The van der Waals surface area contributed by atoms with Crippen LogP contribution in [0.3, 0.4) is 0 Å². The third-order valence-electron chi connectivity index (χ3n) is 6.55. The van der Waals surface area contributed by atoms with E-state index in [0.29, 0.717) is 12.2 Å². The summed E-state index contributed by atoms with van der Waals surface area (Å²) in [6.45, 7) is 3.77. The second kappa shape index (κ2) is 10.5. The fourth-order valence-electron chi connectivity index (χ4n) is 4.43. The fraction of sp³-hybridized carbons (Fsp3) is 0.423. The van der Waals surface area contributed by atoms with Crippen LogP contribution in [-0.2, 0) is 19.1 Å². The average molecular weight is 454 g/mol. The molecule has 0 saturated carbocycles. The van der Waals surface area contributed by atoms with Gasteiger partial charge in [0.15, 0.2) is 6.61 Å². The second-order valence-corrected chi connectivity index (χ2v) is 8.73. The molecule has 0 bridgehead atoms. The van der Waals surface area contributed by atoms with Crippen LogP contribution in [0.5, 0.6) is 11.5 Å². The number of imide groups is 1. The first-order valence-electron chi connectivity index (χ1n) is 11.1. The largest absolute Gasteiger partial charge is 0.508 e. The van der Waals surface area contributed by atoms with Crippen molar-refractivity contribution in [3.63, 3.8) is 0 Å². The summed E-state index contributed by atoms with van der Waals surface area (Å²) < 4.78 is 10.0. The Hall–Kier alpha value is -3.35. The van der Waals surface area contributed by atoms with Crippen LogP contribution in [0.25, 0.3) is 0 Å². The smallest absolute Gasteiger partial charge is 0.343 e. The summed E-state index contributed by atoms with van der Waals surface area (Å²) in [6, 6.07) is 14.6. The van der Waals surface area contributed by atoms with Crippen molar-refractivity contribution in [2.45, 2.75) is 38.5 Å². The Balaban J connectivity index is 1.81. The molecule has 1 N–H and O–H groups in total. The number of carbonyl (C=O) groups is 3. The molecule has 1 aliphatic rings. The molecule has 2 aromatic carbocycles. The van der Waals surface area contributed by atoms with Gasteiger partial charge in [-0.2, -0.15) is 0 Å². The van der Waals surface area contributed by atoms with Gasteiger partial charge < -0.3 is 14.6 Å². The Bertz CT molecular complexity index is 985. The third-order valence-corrected chi connectivity index (χ3v) is 6.55. The standard InChI is InChI=1S/C26H31NO6/c1-16(18-5-9-21(28)10-6-18)13-20(14-23-17(2)25(30)27(3)26(23)31)19-7-11-22(12-8-19)33-15-24(29)32-4/h5-12,16-17,20,23,28H,13-15H2,1-4H3. The van der Waals surface area contributed by atoms with Crippen molar-refractivity contribution in [3.05, 3.63) is 59.7 Å². The molecule has 7 heteroatoms. The summed E-state index contributed by atoms with van der Waals surface area (Å²) in [5.41, 5.74) is 2.13. The lowest BCUT2D eigenvalue weighted by Crippen LogP contribution is -2.26. The Kier molecular flexibility index (Phi) is 7.74. The first-order valence-corrected chi connectivity index (χ1v) is 11.1. The van der Waals surface area contributed by atoms with Crippen LogP contribution in [-0.4, -0.2) is 48.6 Å². The Morgan fingerprint density at radius 3 is 2.18 bits per heavy atom. The predicted octanol–water partition coefficient (Wildman–Crippen LogP) is 3.86. The van der Waals surface area contributed by atoms with Gasteiger partial charge in [0.25, 0.3) is 0 Å². The summed E-state index contributed by atoms with van der Waals surface area (Å²) in [4.78, 5) is 37.6. The first-order chi connectivity index (χ1) is 15.7. The average Bonchev–Trinajstić information content (AvgIpc) is 3.00. The highest BCUT2D eigenvalue weighted by Crippen LogP contribution is 2.39. The van der Waals surface area contributed by atoms with Crippen molar-refractivity contribution in [1.29, 1.82) is 0 Å². The van der Waals surface area contributed by atoms with E-state index in [1.165, 1.54) is 12.0 Å². The molecule has 0 aliphatic carbocycles. The van der Waals surface area contributed by atoms with Gasteiger partial charge in [-0.1, -0.05) is 38.1 Å². The molecule has 2 aromatic rings. The quantitative estimate of drug-likeness (QED) is 0.458. The number of likely N-dealkylation sites (tertiary alicyclic amines) is 1. The molecule has 176 valence electrons. The summed E-state index contributed by atoms with van der Waals surface area (Å²) in [6.07, 6.45) is 1.32. The highest BCUT2D eigenvalue weighted by molar-refractivity contribution is 6.04. The van der Waals surface area contributed by atoms with Crippen LogP contribution in [0.4, 0.5) is 0 Å². The Morgan fingerprint density at radius 1 is 1.03 bits per heavy atom. The molecule has 1 fully saturated rings. The number of aromatic hydroxyl groups is 1. The molecule has 33 heavy (non-hydrogen) atoms. The number of phenolic OH excluding ortho intramolecular Hbond substituents is 1. The molecule has 0 spiro atoms. The molecule has 1 heterocycles. The highest BCUT2D eigenvalue weighted by Gasteiger charge is 2.44. The normalized spacial score (nSPS) is 19.9. The summed E-state index contributed by atoms with van der Waals surface area (Å²) in [5.74, 6) is -0.472. The van der Waals surface area contributed by atoms with E-state index in [0.717, 1.165) is 17.5 Å². The van der Waals surface area contributed by atoms with Gasteiger partial charge in [-0.05, 0) is 60.1 Å². The van der Waals surface area contributed by atoms with E-state index in [4.69, 9.17) is 4.74 Å². The number of ether oxygens (including phenoxy) is 2. The lowest BCUT2D eigenvalue weighted by atomic mass is 9.78. The SMILES string of the molecule is COC(=O)COc1ccc(C(CC(C)c2ccc(O)cc2)CC2C(=O)N(C)C(=O)C2C)cc1. The Labute approximate surface area is 194 Å². The van der Waals surface area contributed by atoms with Crippen molar-refractivity contribution >= 4 is 17.8 Å². The van der Waals surface area contributed by atoms with Gasteiger partial charge in [-0.25, -0.2) is 4.79 Å². The summed E-state index contributed by atoms with van der Waals surface area (Å²) >= 11 is 0. The number of hydrogen-bond acceptors (Lipinski definition) is 6. The zero-order valence-electron chi connectivity index (χ0n) is 19.5. The number of amides is 2. The Morgan fingerprint density at radius 2 is 1.64 bits per heavy atom. The van der Waals surface area contributed by atoms with Crippen LogP contribution in [0.15, 0.2) is 48.5 Å². The van der Waals surface area contributed by atoms with Crippen molar-refractivity contribution < 1.29 is 29.0 Å². The molecule has 4 atom stereocenters. The number of rotatable bonds is 9. The van der Waals surface area contributed by atoms with E-state index in [1.54, 1.807) is 31.3 Å². The van der Waals surface area contributed by atoms with Crippen molar-refractivity contribution in [2.24, 2.45) is 11.8 Å². The fourth-order valence-corrected chi connectivity index (χ4v) is 4.43. The van der Waals surface area contributed by atoms with E-state index in [-0.39, 0.29) is 47.8 Å². The van der Waals surface area contributed by atoms with Gasteiger partial charge in [-0.3, -0.25) is 14.5 Å². The summed E-state index contributed by atoms with van der Waals surface area (Å²) in [7, 11) is 2.85. The first kappa shape index (κ1) is 24.3. The van der Waals surface area contributed by atoms with E-state index in [9.17, 15) is 19.5 Å². The van der Waals surface area contributed by atoms with Crippen molar-refractivity contribution in [1.82, 2.24) is 4.90 Å². The number of hydrogen-bond donors (Lipinski definition) is 1. The van der Waals surface area contributed by atoms with Crippen LogP contribution in [0.1, 0.15) is 49.7 Å². The molecule has 2 amide bonds. The van der Waals surface area contributed by atoms with E-state index < -0.39 is 5.97 Å². The minimum atomic E-state index is -0.456. The van der Waals surface area contributed by atoms with Gasteiger partial charge in [0.05, 0.1) is 13.0 Å². The maximum absolute atomic E-state index is 12.7. The van der Waals surface area contributed by atoms with Crippen molar-refractivity contribution in [2.75, 3.05) is 20.8 Å². The lowest BCUT2D eigenvalue weighted by molar-refractivity contribution is -0.143. The van der Waals surface area contributed by atoms with Crippen LogP contribution >= 0.6 is 0 Å². The third kappa shape index (κ3) is 5.72. The van der Waals surface area contributed by atoms with Gasteiger partial charge >= 0.3 is 5.97 Å². The van der Waals surface area contributed by atoms with Crippen molar-refractivity contribution in [3.8, 4) is 11.5 Å². The van der Waals surface area contributed by atoms with Gasteiger partial charge in [0.2, 0.25) is 11.8 Å². The minimum Gasteiger partial charge on any atom is -0.508 e.